The fraction of sp³-hybridized carbons (Fsp3) is 0. The van der Waals surface area contributed by atoms with Crippen molar-refractivity contribution in [3.63, 3.8) is 0 Å². The summed E-state index contributed by atoms with van der Waals surface area (Å²) in [6, 6.07) is 16.3. The van der Waals surface area contributed by atoms with Crippen LogP contribution < -0.4 is 110 Å². The number of hydrogen-bond donors (Lipinski definition) is 0. The Kier molecular flexibility index (Phi) is 13.7. The first-order valence-corrected chi connectivity index (χ1v) is 14.3. The molecule has 1 aliphatic heterocycles. The van der Waals surface area contributed by atoms with Gasteiger partial charge < -0.3 is 0 Å². The van der Waals surface area contributed by atoms with Gasteiger partial charge in [0.25, 0.3) is 0 Å². The molecule has 0 radical (unpaired) electrons. The van der Waals surface area contributed by atoms with Gasteiger partial charge in [-0.3, -0.25) is 0 Å². The van der Waals surface area contributed by atoms with Crippen LogP contribution in [0.5, 0.6) is 11.5 Å². The summed E-state index contributed by atoms with van der Waals surface area (Å²) in [5.41, 5.74) is -0.0660. The second-order valence-electron chi connectivity index (χ2n) is 8.15. The number of carboxylic acids is 3. The van der Waals surface area contributed by atoms with Crippen molar-refractivity contribution in [3.05, 3.63) is 95.1 Å². The van der Waals surface area contributed by atoms with Crippen molar-refractivity contribution in [1.82, 2.24) is 0 Å². The summed E-state index contributed by atoms with van der Waals surface area (Å²) in [4.78, 5) is 47.4. The van der Waals surface area contributed by atoms with Crippen LogP contribution in [-0.2, 0) is 12.6 Å². The van der Waals surface area contributed by atoms with Crippen LogP contribution in [0.1, 0.15) is 31.8 Å². The second kappa shape index (κ2) is 15.8. The van der Waals surface area contributed by atoms with E-state index in [1.807, 2.05) is 0 Å². The number of carbonyl (C=O) groups is 4. The number of aromatic carboxylic acids is 1. The predicted molar refractivity (Wildman–Crippen MR) is 133 cm³/mol. The number of benzene rings is 4. The summed E-state index contributed by atoms with van der Waals surface area (Å²) in [5.74, 6) is -5.73. The smallest absolute Gasteiger partial charge is 1.00 e. The van der Waals surface area contributed by atoms with Crippen LogP contribution in [0.2, 0.25) is 0 Å². The molecule has 194 valence electrons. The number of rotatable bonds is 7. The van der Waals surface area contributed by atoms with Gasteiger partial charge >= 0.3 is 318 Å². The van der Waals surface area contributed by atoms with Crippen LogP contribution in [0.3, 0.4) is 0 Å². The van der Waals surface area contributed by atoms with E-state index in [0.29, 0.717) is 27.6 Å². The Labute approximate surface area is 313 Å². The Bertz CT molecular complexity index is 1770. The molecule has 0 amide bonds. The number of fused-ring (bicyclic) bond motifs is 3. The van der Waals surface area contributed by atoms with Crippen LogP contribution in [0, 0.1) is 0 Å². The Hall–Kier alpha value is -1.82. The Morgan fingerprint density at radius 2 is 1.26 bits per heavy atom. The third kappa shape index (κ3) is 7.81. The molecule has 10 nitrogen and oxygen atoms in total. The molecular weight excluding hydrogens is 687 g/mol. The number of carboxylic acid groups (broad SMARTS) is 3. The zero-order valence-corrected chi connectivity index (χ0v) is 31.2. The van der Waals surface area contributed by atoms with Gasteiger partial charge in [0.1, 0.15) is 0 Å². The van der Waals surface area contributed by atoms with Gasteiger partial charge in [-0.2, -0.15) is 0 Å². The van der Waals surface area contributed by atoms with Crippen molar-refractivity contribution >= 4 is 79.0 Å². The Morgan fingerprint density at radius 1 is 0.738 bits per heavy atom. The number of carbonyl (C=O) groups excluding carboxylic acids is 4. The van der Waals surface area contributed by atoms with E-state index in [9.17, 15) is 34.5 Å². The van der Waals surface area contributed by atoms with Crippen LogP contribution >= 0.6 is 0 Å². The maximum atomic E-state index is 13.0. The van der Waals surface area contributed by atoms with Gasteiger partial charge in [0.15, 0.2) is 0 Å². The molecule has 4 aromatic rings. The van der Waals surface area contributed by atoms with Crippen LogP contribution in [0.4, 0.5) is 0 Å². The fourth-order valence-corrected chi connectivity index (χ4v) is 7.13. The van der Waals surface area contributed by atoms with Gasteiger partial charge in [0.2, 0.25) is 0 Å². The molecular formula is C28H14Na3O10Sb. The average molecular weight is 701 g/mol. The molecule has 0 saturated heterocycles. The molecule has 0 unspecified atom stereocenters. The summed E-state index contributed by atoms with van der Waals surface area (Å²) in [5, 5.41) is 36.5. The van der Waals surface area contributed by atoms with Crippen molar-refractivity contribution in [2.45, 2.75) is 0 Å². The zero-order valence-electron chi connectivity index (χ0n) is 22.6. The quantitative estimate of drug-likeness (QED) is 0.134. The maximum absolute atomic E-state index is 13.0. The van der Waals surface area contributed by atoms with Crippen LogP contribution in [0.15, 0.2) is 72.8 Å². The molecule has 4 aromatic carbocycles. The van der Waals surface area contributed by atoms with Gasteiger partial charge in [0.05, 0.1) is 0 Å². The van der Waals surface area contributed by atoms with E-state index in [1.165, 1.54) is 18.2 Å². The minimum Gasteiger partial charge on any atom is 1.00 e. The molecule has 42 heavy (non-hydrogen) atoms. The molecule has 1 heterocycles. The van der Waals surface area contributed by atoms with Crippen molar-refractivity contribution in [2.24, 2.45) is 0 Å². The van der Waals surface area contributed by atoms with Gasteiger partial charge in [-0.1, -0.05) is 0 Å². The molecule has 5 rings (SSSR count). The van der Waals surface area contributed by atoms with Crippen molar-refractivity contribution < 1.29 is 132 Å². The SMILES string of the molecule is O=C([O-])/C=C/c1c([O][Sb]2[O]C(=O)c3cc4ccccc4c(/C=C/C(=O)[O-])c3[O]2)c(C(=O)[O-])cc2ccccc12.[Na+].[Na+].[Na+]. The zero-order chi connectivity index (χ0) is 27.7. The first kappa shape index (κ1) is 36.4. The van der Waals surface area contributed by atoms with Crippen molar-refractivity contribution in [2.75, 3.05) is 0 Å². The molecule has 0 fully saturated rings. The summed E-state index contributed by atoms with van der Waals surface area (Å²) in [6.45, 7) is 0. The van der Waals surface area contributed by atoms with E-state index in [-0.39, 0.29) is 117 Å². The molecule has 0 aliphatic carbocycles. The number of hydrogen-bond acceptors (Lipinski definition) is 10. The van der Waals surface area contributed by atoms with Gasteiger partial charge in [-0.25, -0.2) is 0 Å². The number of aliphatic carboxylic acids is 2. The third-order valence-electron chi connectivity index (χ3n) is 5.78. The molecule has 1 aliphatic rings. The normalized spacial score (nSPS) is 12.4. The third-order valence-corrected chi connectivity index (χ3v) is 8.57. The summed E-state index contributed by atoms with van der Waals surface area (Å²) < 4.78 is 17.4. The molecule has 0 atom stereocenters. The standard InChI is InChI=1S/2C14H10O5.3Na.Sb/c2*15-12(16)6-5-10-9-4-2-1-3-8(9)7-11(13(10)17)14(18)19;;;;/h2*1-7,17H,(H,15,16)(H,18,19);;;;/q;;3*+1;+3/p-6/b2*6-5+;;;;. The van der Waals surface area contributed by atoms with Crippen molar-refractivity contribution in [3.8, 4) is 11.5 Å². The minimum atomic E-state index is -4.12. The van der Waals surface area contributed by atoms with Gasteiger partial charge in [-0.15, -0.1) is 0 Å². The summed E-state index contributed by atoms with van der Waals surface area (Å²) in [6.07, 6.45) is 3.83. The average Bonchev–Trinajstić information content (AvgIpc) is 2.90. The molecule has 0 saturated carbocycles. The fourth-order valence-electron chi connectivity index (χ4n) is 4.17. The van der Waals surface area contributed by atoms with E-state index < -0.39 is 50.9 Å². The van der Waals surface area contributed by atoms with E-state index in [1.54, 1.807) is 48.5 Å². The topological polar surface area (TPSA) is 165 Å². The summed E-state index contributed by atoms with van der Waals surface area (Å²) >= 11 is -4.12. The molecule has 0 spiro atoms. The van der Waals surface area contributed by atoms with Crippen molar-refractivity contribution in [1.29, 1.82) is 0 Å². The predicted octanol–water partition coefficient (Wildman–Crippen LogP) is -8.49. The van der Waals surface area contributed by atoms with Crippen LogP contribution in [0.25, 0.3) is 33.7 Å². The van der Waals surface area contributed by atoms with Crippen LogP contribution in [-0.4, -0.2) is 45.3 Å². The first-order chi connectivity index (χ1) is 18.7. The maximum Gasteiger partial charge on any atom is 1.00 e. The Balaban J connectivity index is 0.00000205. The van der Waals surface area contributed by atoms with Gasteiger partial charge in [-0.05, 0) is 0 Å². The summed E-state index contributed by atoms with van der Waals surface area (Å²) in [7, 11) is 0. The monoisotopic (exact) mass is 700 g/mol. The largest absolute Gasteiger partial charge is 1.00 e. The van der Waals surface area contributed by atoms with E-state index in [4.69, 9.17) is 9.05 Å². The molecule has 0 aromatic heterocycles. The van der Waals surface area contributed by atoms with E-state index in [2.05, 4.69) is 0 Å². The van der Waals surface area contributed by atoms with E-state index >= 15 is 0 Å². The molecule has 0 bridgehead atoms. The minimum absolute atomic E-state index is 0. The second-order valence-corrected chi connectivity index (χ2v) is 11.0. The first-order valence-electron chi connectivity index (χ1n) is 11.2. The molecule has 0 N–H and O–H groups in total. The molecule has 14 heteroatoms. The Morgan fingerprint density at radius 3 is 1.83 bits per heavy atom. The van der Waals surface area contributed by atoms with E-state index in [0.717, 1.165) is 12.2 Å². The van der Waals surface area contributed by atoms with Gasteiger partial charge in [0, 0.05) is 0 Å².